The molecule has 0 saturated heterocycles. The van der Waals surface area contributed by atoms with E-state index >= 15 is 0 Å². The summed E-state index contributed by atoms with van der Waals surface area (Å²) in [5.41, 5.74) is 2.94. The molecule has 1 aliphatic rings. The molecule has 0 spiro atoms. The fourth-order valence-corrected chi connectivity index (χ4v) is 3.38. The number of hydrogen-bond donors (Lipinski definition) is 1. The lowest BCUT2D eigenvalue weighted by molar-refractivity contribution is 0.512. The molecule has 0 saturated carbocycles. The molecule has 1 nitrogen and oxygen atoms in total. The van der Waals surface area contributed by atoms with Crippen molar-refractivity contribution in [2.75, 3.05) is 11.9 Å². The predicted octanol–water partition coefficient (Wildman–Crippen LogP) is 6.12. The van der Waals surface area contributed by atoms with Crippen molar-refractivity contribution in [2.45, 2.75) is 77.0 Å². The molecular weight excluding hydrogens is 242 g/mol. The van der Waals surface area contributed by atoms with Crippen LogP contribution in [-0.4, -0.2) is 6.54 Å². The summed E-state index contributed by atoms with van der Waals surface area (Å²) < 4.78 is 0. The normalized spacial score (nSPS) is 17.6. The molecule has 1 atom stereocenters. The van der Waals surface area contributed by atoms with E-state index in [2.05, 4.69) is 36.5 Å². The maximum Gasteiger partial charge on any atom is 0.0375 e. The van der Waals surface area contributed by atoms with Crippen molar-refractivity contribution in [3.8, 4) is 0 Å². The fourth-order valence-electron chi connectivity index (χ4n) is 3.38. The van der Waals surface area contributed by atoms with Crippen molar-refractivity contribution in [1.29, 1.82) is 0 Å². The lowest BCUT2D eigenvalue weighted by atomic mass is 9.86. The average molecular weight is 273 g/mol. The highest BCUT2D eigenvalue weighted by Crippen LogP contribution is 2.34. The molecule has 0 amide bonds. The summed E-state index contributed by atoms with van der Waals surface area (Å²) in [5, 5.41) is 3.52. The van der Waals surface area contributed by atoms with Crippen LogP contribution in [0.1, 0.15) is 82.6 Å². The van der Waals surface area contributed by atoms with E-state index in [1.165, 1.54) is 69.9 Å². The Hall–Kier alpha value is -0.980. The van der Waals surface area contributed by atoms with Crippen molar-refractivity contribution in [3.05, 3.63) is 29.8 Å². The van der Waals surface area contributed by atoms with E-state index in [0.29, 0.717) is 0 Å². The maximum absolute atomic E-state index is 3.52. The summed E-state index contributed by atoms with van der Waals surface area (Å²) >= 11 is 0. The molecule has 20 heavy (non-hydrogen) atoms. The van der Waals surface area contributed by atoms with E-state index in [0.717, 1.165) is 12.5 Å². The largest absolute Gasteiger partial charge is 0.385 e. The van der Waals surface area contributed by atoms with E-state index in [1.807, 2.05) is 0 Å². The second-order valence-electron chi connectivity index (χ2n) is 6.26. The zero-order chi connectivity index (χ0) is 14.0. The van der Waals surface area contributed by atoms with Gasteiger partial charge in [-0.3, -0.25) is 0 Å². The second-order valence-corrected chi connectivity index (χ2v) is 6.26. The Kier molecular flexibility index (Phi) is 6.97. The molecule has 1 aromatic rings. The van der Waals surface area contributed by atoms with Gasteiger partial charge in [0, 0.05) is 12.2 Å². The lowest BCUT2D eigenvalue weighted by Gasteiger charge is -2.26. The molecule has 1 N–H and O–H groups in total. The van der Waals surface area contributed by atoms with E-state index in [-0.39, 0.29) is 0 Å². The van der Waals surface area contributed by atoms with Crippen LogP contribution >= 0.6 is 0 Å². The van der Waals surface area contributed by atoms with Gasteiger partial charge in [-0.25, -0.2) is 0 Å². The van der Waals surface area contributed by atoms with Gasteiger partial charge in [0.2, 0.25) is 0 Å². The van der Waals surface area contributed by atoms with Gasteiger partial charge in [-0.15, -0.1) is 0 Å². The first-order chi connectivity index (χ1) is 9.92. The Labute approximate surface area is 125 Å². The Balaban J connectivity index is 1.61. The van der Waals surface area contributed by atoms with Gasteiger partial charge in [0.1, 0.15) is 0 Å². The minimum absolute atomic E-state index is 0.799. The van der Waals surface area contributed by atoms with Crippen molar-refractivity contribution >= 4 is 5.69 Å². The molecule has 1 aliphatic heterocycles. The zero-order valence-electron chi connectivity index (χ0n) is 13.2. The van der Waals surface area contributed by atoms with Crippen LogP contribution in [0.25, 0.3) is 0 Å². The Bertz CT molecular complexity index is 372. The van der Waals surface area contributed by atoms with Crippen LogP contribution in [0, 0.1) is 0 Å². The van der Waals surface area contributed by atoms with Gasteiger partial charge in [0.25, 0.3) is 0 Å². The second kappa shape index (κ2) is 9.05. The monoisotopic (exact) mass is 273 g/mol. The number of hydrogen-bond acceptors (Lipinski definition) is 1. The number of rotatable bonds is 9. The highest BCUT2D eigenvalue weighted by molar-refractivity contribution is 5.54. The fraction of sp³-hybridized carbons (Fsp3) is 0.684. The van der Waals surface area contributed by atoms with Gasteiger partial charge in [0.15, 0.2) is 0 Å². The lowest BCUT2D eigenvalue weighted by Crippen LogP contribution is -2.16. The first kappa shape index (κ1) is 15.4. The van der Waals surface area contributed by atoms with Crippen molar-refractivity contribution in [1.82, 2.24) is 0 Å². The predicted molar refractivity (Wildman–Crippen MR) is 89.5 cm³/mol. The maximum atomic E-state index is 3.52. The zero-order valence-corrected chi connectivity index (χ0v) is 13.2. The number of anilines is 1. The van der Waals surface area contributed by atoms with E-state index in [9.17, 15) is 0 Å². The van der Waals surface area contributed by atoms with Crippen LogP contribution in [0.4, 0.5) is 5.69 Å². The number of unbranched alkanes of at least 4 members (excludes halogenated alkanes) is 7. The van der Waals surface area contributed by atoms with Crippen molar-refractivity contribution in [3.63, 3.8) is 0 Å². The molecule has 1 unspecified atom stereocenters. The molecule has 1 heterocycles. The summed E-state index contributed by atoms with van der Waals surface area (Å²) in [6, 6.07) is 8.88. The highest BCUT2D eigenvalue weighted by Gasteiger charge is 2.18. The molecule has 112 valence electrons. The first-order valence-electron chi connectivity index (χ1n) is 8.74. The van der Waals surface area contributed by atoms with Gasteiger partial charge < -0.3 is 5.32 Å². The Morgan fingerprint density at radius 2 is 1.65 bits per heavy atom. The van der Waals surface area contributed by atoms with Gasteiger partial charge in [-0.2, -0.15) is 0 Å². The smallest absolute Gasteiger partial charge is 0.0375 e. The molecule has 0 aromatic heterocycles. The van der Waals surface area contributed by atoms with Crippen LogP contribution in [0.15, 0.2) is 24.3 Å². The minimum atomic E-state index is 0.799. The van der Waals surface area contributed by atoms with Crippen molar-refractivity contribution in [2.24, 2.45) is 0 Å². The van der Waals surface area contributed by atoms with E-state index in [4.69, 9.17) is 0 Å². The van der Waals surface area contributed by atoms with Gasteiger partial charge in [-0.05, 0) is 30.4 Å². The molecular formula is C19H31N. The van der Waals surface area contributed by atoms with Crippen molar-refractivity contribution < 1.29 is 0 Å². The van der Waals surface area contributed by atoms with Crippen LogP contribution < -0.4 is 5.32 Å². The standard InChI is InChI=1S/C19H31N/c1-2-3-4-5-6-7-8-9-12-17-15-16-20-19-14-11-10-13-18(17)19/h10-11,13-14,17,20H,2-9,12,15-16H2,1H3. The minimum Gasteiger partial charge on any atom is -0.385 e. The van der Waals surface area contributed by atoms with E-state index in [1.54, 1.807) is 5.56 Å². The van der Waals surface area contributed by atoms with E-state index < -0.39 is 0 Å². The van der Waals surface area contributed by atoms with Gasteiger partial charge >= 0.3 is 0 Å². The Morgan fingerprint density at radius 3 is 2.45 bits per heavy atom. The van der Waals surface area contributed by atoms with Gasteiger partial charge in [-0.1, -0.05) is 76.5 Å². The number of para-hydroxylation sites is 1. The van der Waals surface area contributed by atoms with Crippen LogP contribution in [0.3, 0.4) is 0 Å². The summed E-state index contributed by atoms with van der Waals surface area (Å²) in [6.45, 7) is 3.44. The van der Waals surface area contributed by atoms with Crippen LogP contribution in [-0.2, 0) is 0 Å². The molecule has 0 radical (unpaired) electrons. The summed E-state index contributed by atoms with van der Waals surface area (Å²) in [5.74, 6) is 0.799. The quantitative estimate of drug-likeness (QED) is 0.535. The van der Waals surface area contributed by atoms with Gasteiger partial charge in [0.05, 0.1) is 0 Å². The third kappa shape index (κ3) is 4.85. The molecule has 0 aliphatic carbocycles. The summed E-state index contributed by atoms with van der Waals surface area (Å²) in [6.07, 6.45) is 14.1. The Morgan fingerprint density at radius 1 is 0.950 bits per heavy atom. The van der Waals surface area contributed by atoms with Crippen LogP contribution in [0.2, 0.25) is 0 Å². The number of nitrogens with one attached hydrogen (secondary N) is 1. The third-order valence-electron chi connectivity index (χ3n) is 4.62. The van der Waals surface area contributed by atoms with Crippen LogP contribution in [0.5, 0.6) is 0 Å². The topological polar surface area (TPSA) is 12.0 Å². The number of fused-ring (bicyclic) bond motifs is 1. The first-order valence-corrected chi connectivity index (χ1v) is 8.74. The summed E-state index contributed by atoms with van der Waals surface area (Å²) in [7, 11) is 0. The average Bonchev–Trinajstić information content (AvgIpc) is 2.50. The molecule has 0 fully saturated rings. The molecule has 2 rings (SSSR count). The summed E-state index contributed by atoms with van der Waals surface area (Å²) in [4.78, 5) is 0. The molecule has 1 heteroatoms. The third-order valence-corrected chi connectivity index (χ3v) is 4.62. The molecule has 0 bridgehead atoms. The number of benzene rings is 1. The highest BCUT2D eigenvalue weighted by atomic mass is 14.9. The molecule has 1 aromatic carbocycles. The SMILES string of the molecule is CCCCCCCCCCC1CCNc2ccccc21.